The van der Waals surface area contributed by atoms with Crippen molar-refractivity contribution in [2.45, 2.75) is 45.8 Å². The highest BCUT2D eigenvalue weighted by Gasteiger charge is 2.23. The van der Waals surface area contributed by atoms with Crippen molar-refractivity contribution >= 4 is 41.3 Å². The lowest BCUT2D eigenvalue weighted by atomic mass is 9.82. The molecule has 0 aliphatic rings. The van der Waals surface area contributed by atoms with Crippen LogP contribution in [0.25, 0.3) is 0 Å². The molecular weight excluding hydrogens is 483 g/mol. The fourth-order valence-corrected chi connectivity index (χ4v) is 3.95. The number of hydrogen-bond donors (Lipinski definition) is 1. The van der Waals surface area contributed by atoms with Gasteiger partial charge in [0, 0.05) is 38.5 Å². The number of nitrogens with zero attached hydrogens (tertiary/aromatic N) is 3. The van der Waals surface area contributed by atoms with Gasteiger partial charge in [-0.15, -0.1) is 35.3 Å². The summed E-state index contributed by atoms with van der Waals surface area (Å²) >= 11 is 1.64. The van der Waals surface area contributed by atoms with Crippen molar-refractivity contribution in [3.05, 3.63) is 51.5 Å². The van der Waals surface area contributed by atoms with Gasteiger partial charge in [-0.2, -0.15) is 0 Å². The molecule has 156 valence electrons. The Kier molecular flexibility index (Phi) is 9.86. The Labute approximate surface area is 190 Å². The van der Waals surface area contributed by atoms with Crippen LogP contribution in [0.15, 0.2) is 34.6 Å². The van der Waals surface area contributed by atoms with Gasteiger partial charge in [-0.1, -0.05) is 38.1 Å². The van der Waals surface area contributed by atoms with Gasteiger partial charge in [0.05, 0.1) is 12.2 Å². The minimum atomic E-state index is 0. The first-order valence-corrected chi connectivity index (χ1v) is 10.1. The molecule has 0 saturated heterocycles. The molecule has 2 aromatic rings. The predicted molar refractivity (Wildman–Crippen MR) is 130 cm³/mol. The van der Waals surface area contributed by atoms with Crippen molar-refractivity contribution in [3.63, 3.8) is 0 Å². The number of nitrogens with one attached hydrogen (secondary N) is 1. The number of ether oxygens (including phenoxy) is 1. The maximum atomic E-state index is 5.35. The van der Waals surface area contributed by atoms with Gasteiger partial charge in [0.2, 0.25) is 0 Å². The van der Waals surface area contributed by atoms with Gasteiger partial charge >= 0.3 is 0 Å². The van der Waals surface area contributed by atoms with E-state index in [2.05, 4.69) is 70.6 Å². The SMILES string of the molecule is CN=C(NCC(C)(C)c1ccccc1C)N(C)Cc1csc(C(C)OC)n1.I. The third-order valence-electron chi connectivity index (χ3n) is 4.81. The maximum absolute atomic E-state index is 5.35. The Bertz CT molecular complexity index is 775. The van der Waals surface area contributed by atoms with Crippen LogP contribution in [0.5, 0.6) is 0 Å². The first-order chi connectivity index (χ1) is 12.8. The summed E-state index contributed by atoms with van der Waals surface area (Å²) in [5.41, 5.74) is 3.70. The van der Waals surface area contributed by atoms with Crippen molar-refractivity contribution in [3.8, 4) is 0 Å². The highest BCUT2D eigenvalue weighted by Crippen LogP contribution is 2.25. The monoisotopic (exact) mass is 516 g/mol. The van der Waals surface area contributed by atoms with Crippen molar-refractivity contribution in [1.82, 2.24) is 15.2 Å². The third kappa shape index (κ3) is 6.42. The molecule has 5 nitrogen and oxygen atoms in total. The Morgan fingerprint density at radius 1 is 1.36 bits per heavy atom. The highest BCUT2D eigenvalue weighted by molar-refractivity contribution is 14.0. The van der Waals surface area contributed by atoms with E-state index in [-0.39, 0.29) is 35.5 Å². The van der Waals surface area contributed by atoms with E-state index in [9.17, 15) is 0 Å². The summed E-state index contributed by atoms with van der Waals surface area (Å²) in [5, 5.41) is 6.62. The van der Waals surface area contributed by atoms with Crippen LogP contribution in [0.2, 0.25) is 0 Å². The minimum Gasteiger partial charge on any atom is -0.375 e. The lowest BCUT2D eigenvalue weighted by Crippen LogP contribution is -2.44. The van der Waals surface area contributed by atoms with Crippen LogP contribution in [0.3, 0.4) is 0 Å². The molecule has 1 unspecified atom stereocenters. The largest absolute Gasteiger partial charge is 0.375 e. The van der Waals surface area contributed by atoms with Crippen LogP contribution in [0.4, 0.5) is 0 Å². The molecule has 1 heterocycles. The number of aromatic nitrogens is 1. The van der Waals surface area contributed by atoms with E-state index in [0.29, 0.717) is 6.54 Å². The van der Waals surface area contributed by atoms with Crippen molar-refractivity contribution < 1.29 is 4.74 Å². The van der Waals surface area contributed by atoms with Gasteiger partial charge in [0.1, 0.15) is 11.1 Å². The van der Waals surface area contributed by atoms with Gasteiger partial charge < -0.3 is 15.0 Å². The summed E-state index contributed by atoms with van der Waals surface area (Å²) in [6, 6.07) is 8.56. The molecule has 0 amide bonds. The Morgan fingerprint density at radius 3 is 2.64 bits per heavy atom. The highest BCUT2D eigenvalue weighted by atomic mass is 127. The summed E-state index contributed by atoms with van der Waals surface area (Å²) in [5.74, 6) is 0.867. The number of methoxy groups -OCH3 is 1. The molecule has 0 bridgehead atoms. The average Bonchev–Trinajstić information content (AvgIpc) is 3.10. The second-order valence-corrected chi connectivity index (χ2v) is 8.40. The van der Waals surface area contributed by atoms with E-state index in [0.717, 1.165) is 23.2 Å². The molecule has 1 N–H and O–H groups in total. The number of hydrogen-bond acceptors (Lipinski definition) is 4. The molecule has 1 aromatic carbocycles. The summed E-state index contributed by atoms with van der Waals surface area (Å²) in [6.07, 6.45) is 0.0291. The van der Waals surface area contributed by atoms with Crippen molar-refractivity contribution in [1.29, 1.82) is 0 Å². The number of aliphatic imine (C=N–C) groups is 1. The standard InChI is InChI=1S/C21H32N4OS.HI/c1-15-10-8-9-11-18(15)21(3,4)14-23-20(22-5)25(6)12-17-13-27-19(24-17)16(2)26-7;/h8-11,13,16H,12,14H2,1-7H3,(H,22,23);1H. The van der Waals surface area contributed by atoms with Crippen LogP contribution in [0.1, 0.15) is 48.7 Å². The van der Waals surface area contributed by atoms with Gasteiger partial charge in [0.25, 0.3) is 0 Å². The smallest absolute Gasteiger partial charge is 0.193 e. The summed E-state index contributed by atoms with van der Waals surface area (Å²) < 4.78 is 5.35. The molecule has 0 saturated carbocycles. The molecule has 2 rings (SSSR count). The second-order valence-electron chi connectivity index (χ2n) is 7.51. The topological polar surface area (TPSA) is 49.8 Å². The zero-order valence-corrected chi connectivity index (χ0v) is 21.1. The quantitative estimate of drug-likeness (QED) is 0.328. The summed E-state index contributed by atoms with van der Waals surface area (Å²) in [7, 11) is 5.56. The zero-order chi connectivity index (χ0) is 20.0. The van der Waals surface area contributed by atoms with Crippen LogP contribution >= 0.6 is 35.3 Å². The first-order valence-electron chi connectivity index (χ1n) is 9.23. The molecule has 0 spiro atoms. The van der Waals surface area contributed by atoms with Gasteiger partial charge in [-0.25, -0.2) is 4.98 Å². The zero-order valence-electron chi connectivity index (χ0n) is 17.9. The van der Waals surface area contributed by atoms with Gasteiger partial charge in [0.15, 0.2) is 5.96 Å². The fourth-order valence-electron chi connectivity index (χ4n) is 3.11. The van der Waals surface area contributed by atoms with E-state index in [4.69, 9.17) is 4.74 Å². The number of thiazole rings is 1. The Balaban J connectivity index is 0.00000392. The molecule has 0 aliphatic heterocycles. The molecule has 7 heteroatoms. The predicted octanol–water partition coefficient (Wildman–Crippen LogP) is 4.76. The van der Waals surface area contributed by atoms with E-state index in [1.54, 1.807) is 18.4 Å². The van der Waals surface area contributed by atoms with E-state index in [1.165, 1.54) is 11.1 Å². The third-order valence-corrected chi connectivity index (χ3v) is 5.86. The Hall–Kier alpha value is -1.19. The van der Waals surface area contributed by atoms with E-state index >= 15 is 0 Å². The van der Waals surface area contributed by atoms with Crippen molar-refractivity contribution in [2.24, 2.45) is 4.99 Å². The molecular formula is C21H33IN4OS. The molecule has 0 aliphatic carbocycles. The van der Waals surface area contributed by atoms with Crippen LogP contribution < -0.4 is 5.32 Å². The number of rotatable bonds is 7. The number of halogens is 1. The van der Waals surface area contributed by atoms with E-state index < -0.39 is 0 Å². The summed E-state index contributed by atoms with van der Waals surface area (Å²) in [6.45, 7) is 10.2. The Morgan fingerprint density at radius 2 is 2.04 bits per heavy atom. The average molecular weight is 516 g/mol. The number of guanidine groups is 1. The van der Waals surface area contributed by atoms with Gasteiger partial charge in [-0.3, -0.25) is 4.99 Å². The minimum absolute atomic E-state index is 0. The number of aryl methyl sites for hydroxylation is 1. The normalized spacial score (nSPS) is 13.0. The van der Waals surface area contributed by atoms with Crippen molar-refractivity contribution in [2.75, 3.05) is 27.7 Å². The molecule has 0 radical (unpaired) electrons. The first kappa shape index (κ1) is 24.8. The molecule has 1 aromatic heterocycles. The van der Waals surface area contributed by atoms with Crippen LogP contribution in [-0.2, 0) is 16.7 Å². The van der Waals surface area contributed by atoms with Crippen LogP contribution in [0, 0.1) is 6.92 Å². The van der Waals surface area contributed by atoms with E-state index in [1.807, 2.05) is 21.0 Å². The second kappa shape index (κ2) is 11.1. The maximum Gasteiger partial charge on any atom is 0.193 e. The lowest BCUT2D eigenvalue weighted by Gasteiger charge is -2.30. The molecule has 28 heavy (non-hydrogen) atoms. The summed E-state index contributed by atoms with van der Waals surface area (Å²) in [4.78, 5) is 11.2. The fraction of sp³-hybridized carbons (Fsp3) is 0.524. The number of benzene rings is 1. The van der Waals surface area contributed by atoms with Crippen LogP contribution in [-0.4, -0.2) is 43.6 Å². The lowest BCUT2D eigenvalue weighted by molar-refractivity contribution is 0.119. The molecule has 0 fully saturated rings. The molecule has 1 atom stereocenters. The van der Waals surface area contributed by atoms with Gasteiger partial charge in [-0.05, 0) is 25.0 Å².